The van der Waals surface area contributed by atoms with E-state index in [4.69, 9.17) is 0 Å². The highest BCUT2D eigenvalue weighted by atomic mass is 16.4. The molecular weight excluding hydrogens is 318 g/mol. The molecule has 1 aromatic rings. The molecule has 2 aliphatic rings. The Morgan fingerprint density at radius 2 is 2.00 bits per heavy atom. The van der Waals surface area contributed by atoms with E-state index in [0.29, 0.717) is 5.92 Å². The van der Waals surface area contributed by atoms with Crippen LogP contribution in [-0.2, 0) is 4.79 Å². The fourth-order valence-electron chi connectivity index (χ4n) is 3.54. The monoisotopic (exact) mass is 343 g/mol. The van der Waals surface area contributed by atoms with Crippen molar-refractivity contribution in [2.75, 3.05) is 0 Å². The minimum Gasteiger partial charge on any atom is -0.478 e. The zero-order chi connectivity index (χ0) is 18.2. The molecule has 6 heteroatoms. The van der Waals surface area contributed by atoms with Gasteiger partial charge in [0.2, 0.25) is 0 Å². The van der Waals surface area contributed by atoms with Crippen LogP contribution < -0.4 is 5.32 Å². The van der Waals surface area contributed by atoms with Crippen LogP contribution in [-0.4, -0.2) is 33.3 Å². The maximum Gasteiger partial charge on any atom is 0.338 e. The molecule has 6 nitrogen and oxygen atoms in total. The van der Waals surface area contributed by atoms with Crippen molar-refractivity contribution in [3.05, 3.63) is 29.1 Å². The molecule has 0 aromatic carbocycles. The highest BCUT2D eigenvalue weighted by Gasteiger charge is 2.43. The summed E-state index contributed by atoms with van der Waals surface area (Å²) in [4.78, 5) is 33.0. The lowest BCUT2D eigenvalue weighted by Gasteiger charge is -2.22. The van der Waals surface area contributed by atoms with Crippen molar-refractivity contribution < 1.29 is 14.7 Å². The maximum atomic E-state index is 12.3. The smallest absolute Gasteiger partial charge is 0.338 e. The molecule has 1 aromatic heterocycles. The van der Waals surface area contributed by atoms with Gasteiger partial charge in [-0.05, 0) is 43.2 Å². The number of amidine groups is 1. The highest BCUT2D eigenvalue weighted by Crippen LogP contribution is 2.33. The topological polar surface area (TPSA) is 91.7 Å². The number of carbonyl (C=O) groups is 2. The number of carboxylic acids is 1. The van der Waals surface area contributed by atoms with Crippen LogP contribution in [0.15, 0.2) is 17.3 Å². The number of nitrogens with one attached hydrogen (secondary N) is 1. The van der Waals surface area contributed by atoms with Gasteiger partial charge >= 0.3 is 5.97 Å². The minimum absolute atomic E-state index is 0.000194. The van der Waals surface area contributed by atoms with Crippen LogP contribution in [0.25, 0.3) is 0 Å². The van der Waals surface area contributed by atoms with Gasteiger partial charge < -0.3 is 10.4 Å². The molecule has 1 aliphatic heterocycles. The van der Waals surface area contributed by atoms with Crippen molar-refractivity contribution in [3.63, 3.8) is 0 Å². The molecule has 0 bridgehead atoms. The molecule has 25 heavy (non-hydrogen) atoms. The lowest BCUT2D eigenvalue weighted by atomic mass is 9.84. The molecule has 0 saturated heterocycles. The first kappa shape index (κ1) is 17.6. The van der Waals surface area contributed by atoms with Gasteiger partial charge in [-0.1, -0.05) is 33.1 Å². The van der Waals surface area contributed by atoms with Crippen LogP contribution in [0.2, 0.25) is 0 Å². The first-order valence-electron chi connectivity index (χ1n) is 8.98. The third-order valence-corrected chi connectivity index (χ3v) is 5.60. The van der Waals surface area contributed by atoms with Gasteiger partial charge in [0.1, 0.15) is 11.2 Å². The second kappa shape index (κ2) is 6.58. The van der Waals surface area contributed by atoms with Crippen molar-refractivity contribution >= 4 is 17.7 Å². The van der Waals surface area contributed by atoms with Gasteiger partial charge in [-0.3, -0.25) is 9.78 Å². The number of carbonyl (C=O) groups excluding carboxylic acids is 1. The fraction of sp³-hybridized carbons (Fsp3) is 0.579. The van der Waals surface area contributed by atoms with E-state index in [1.807, 2.05) is 13.8 Å². The van der Waals surface area contributed by atoms with E-state index in [1.165, 1.54) is 19.3 Å². The van der Waals surface area contributed by atoms with Crippen LogP contribution in [0.1, 0.15) is 80.4 Å². The summed E-state index contributed by atoms with van der Waals surface area (Å²) in [6.45, 7) is 5.60. The molecule has 0 radical (unpaired) electrons. The number of aliphatic imine (C=N–C) groups is 1. The molecule has 3 rings (SSSR count). The van der Waals surface area contributed by atoms with Crippen LogP contribution in [0.3, 0.4) is 0 Å². The largest absolute Gasteiger partial charge is 0.478 e. The molecule has 1 saturated carbocycles. The number of pyridine rings is 1. The number of nitrogens with zero attached hydrogens (tertiary/aromatic N) is 2. The number of hydrogen-bond acceptors (Lipinski definition) is 4. The molecule has 1 fully saturated rings. The van der Waals surface area contributed by atoms with Crippen molar-refractivity contribution in [1.29, 1.82) is 0 Å². The first-order valence-corrected chi connectivity index (χ1v) is 8.98. The van der Waals surface area contributed by atoms with E-state index >= 15 is 0 Å². The molecule has 2 N–H and O–H groups in total. The van der Waals surface area contributed by atoms with E-state index in [0.717, 1.165) is 18.4 Å². The van der Waals surface area contributed by atoms with Crippen molar-refractivity contribution in [2.45, 2.75) is 64.3 Å². The Balaban J connectivity index is 1.99. The van der Waals surface area contributed by atoms with Crippen LogP contribution in [0.4, 0.5) is 0 Å². The Morgan fingerprint density at radius 1 is 1.32 bits per heavy atom. The van der Waals surface area contributed by atoms with Gasteiger partial charge in [0, 0.05) is 6.20 Å². The summed E-state index contributed by atoms with van der Waals surface area (Å²) in [5.41, 5.74) is 0.423. The SMILES string of the molecule is CC(C)C1(C)N=C(c2ncc(C3CCCCC3)cc2C(=O)O)NC1=O. The Kier molecular flexibility index (Phi) is 4.62. The summed E-state index contributed by atoms with van der Waals surface area (Å²) in [5.74, 6) is -0.634. The average molecular weight is 343 g/mol. The standard InChI is InChI=1S/C19H25N3O3/c1-11(2)19(3)18(25)21-16(22-19)15-14(17(23)24)9-13(10-20-15)12-7-5-4-6-8-12/h9-12H,4-8H2,1-3H3,(H,23,24)(H,21,22,25). The Hall–Kier alpha value is -2.24. The van der Waals surface area contributed by atoms with Gasteiger partial charge in [-0.2, -0.15) is 0 Å². The quantitative estimate of drug-likeness (QED) is 0.878. The van der Waals surface area contributed by atoms with E-state index in [-0.39, 0.29) is 28.9 Å². The van der Waals surface area contributed by atoms with E-state index in [2.05, 4.69) is 15.3 Å². The summed E-state index contributed by atoms with van der Waals surface area (Å²) < 4.78 is 0. The lowest BCUT2D eigenvalue weighted by molar-refractivity contribution is -0.124. The maximum absolute atomic E-state index is 12.3. The number of hydrogen-bond donors (Lipinski definition) is 2. The Morgan fingerprint density at radius 3 is 2.56 bits per heavy atom. The molecular formula is C19H25N3O3. The van der Waals surface area contributed by atoms with Crippen LogP contribution in [0, 0.1) is 5.92 Å². The Bertz CT molecular complexity index is 735. The van der Waals surface area contributed by atoms with E-state index in [9.17, 15) is 14.7 Å². The fourth-order valence-corrected chi connectivity index (χ4v) is 3.54. The summed E-state index contributed by atoms with van der Waals surface area (Å²) in [6.07, 6.45) is 7.48. The predicted molar refractivity (Wildman–Crippen MR) is 94.9 cm³/mol. The minimum atomic E-state index is -1.05. The number of amides is 1. The zero-order valence-electron chi connectivity index (χ0n) is 15.0. The summed E-state index contributed by atoms with van der Waals surface area (Å²) >= 11 is 0. The third kappa shape index (κ3) is 3.17. The molecule has 1 amide bonds. The van der Waals surface area contributed by atoms with Gasteiger partial charge in [0.25, 0.3) is 5.91 Å². The summed E-state index contributed by atoms with van der Waals surface area (Å²) in [7, 11) is 0. The molecule has 1 aliphatic carbocycles. The second-order valence-corrected chi connectivity index (χ2v) is 7.52. The number of aromatic carboxylic acids is 1. The van der Waals surface area contributed by atoms with Gasteiger partial charge in [-0.15, -0.1) is 0 Å². The number of aromatic nitrogens is 1. The van der Waals surface area contributed by atoms with Gasteiger partial charge in [0.05, 0.1) is 5.56 Å². The first-order chi connectivity index (χ1) is 11.8. The van der Waals surface area contributed by atoms with E-state index < -0.39 is 11.5 Å². The zero-order valence-corrected chi connectivity index (χ0v) is 15.0. The Labute approximate surface area is 147 Å². The summed E-state index contributed by atoms with van der Waals surface area (Å²) in [6, 6.07) is 1.71. The van der Waals surface area contributed by atoms with Gasteiger partial charge in [-0.25, -0.2) is 9.79 Å². The molecule has 1 atom stereocenters. The third-order valence-electron chi connectivity index (χ3n) is 5.60. The average Bonchev–Trinajstić information content (AvgIpc) is 2.91. The highest BCUT2D eigenvalue weighted by molar-refractivity contribution is 6.17. The molecule has 0 spiro atoms. The predicted octanol–water partition coefficient (Wildman–Crippen LogP) is 3.12. The van der Waals surface area contributed by atoms with Crippen molar-refractivity contribution in [1.82, 2.24) is 10.3 Å². The van der Waals surface area contributed by atoms with Crippen LogP contribution >= 0.6 is 0 Å². The van der Waals surface area contributed by atoms with E-state index in [1.54, 1.807) is 19.2 Å². The lowest BCUT2D eigenvalue weighted by Crippen LogP contribution is -2.41. The molecule has 134 valence electrons. The van der Waals surface area contributed by atoms with Crippen molar-refractivity contribution in [2.24, 2.45) is 10.9 Å². The van der Waals surface area contributed by atoms with Crippen LogP contribution in [0.5, 0.6) is 0 Å². The number of rotatable bonds is 4. The second-order valence-electron chi connectivity index (χ2n) is 7.52. The normalized spacial score (nSPS) is 24.3. The molecule has 2 heterocycles. The summed E-state index contributed by atoms with van der Waals surface area (Å²) in [5, 5.41) is 12.4. The number of carboxylic acid groups (broad SMARTS) is 1. The van der Waals surface area contributed by atoms with Crippen molar-refractivity contribution in [3.8, 4) is 0 Å². The molecule has 1 unspecified atom stereocenters. The van der Waals surface area contributed by atoms with Gasteiger partial charge in [0.15, 0.2) is 5.84 Å².